The van der Waals surface area contributed by atoms with Crippen molar-refractivity contribution in [2.45, 2.75) is 43.0 Å². The Kier molecular flexibility index (Phi) is 3.69. The number of hydrogen-bond acceptors (Lipinski definition) is 3. The van der Waals surface area contributed by atoms with Gasteiger partial charge in [0.2, 0.25) is 10.0 Å². The Labute approximate surface area is 102 Å². The van der Waals surface area contributed by atoms with E-state index < -0.39 is 10.0 Å². The molecule has 0 saturated heterocycles. The van der Waals surface area contributed by atoms with Crippen molar-refractivity contribution in [1.29, 1.82) is 0 Å². The van der Waals surface area contributed by atoms with E-state index in [-0.39, 0.29) is 16.7 Å². The van der Waals surface area contributed by atoms with E-state index in [9.17, 15) is 8.42 Å². The minimum atomic E-state index is -3.44. The average molecular weight is 255 g/mol. The van der Waals surface area contributed by atoms with E-state index in [1.807, 2.05) is 0 Å². The van der Waals surface area contributed by atoms with Gasteiger partial charge in [0.25, 0.3) is 0 Å². The van der Waals surface area contributed by atoms with Crippen LogP contribution in [0.4, 0.5) is 0 Å². The number of phenols is 1. The Morgan fingerprint density at radius 1 is 1.06 bits per heavy atom. The highest BCUT2D eigenvalue weighted by atomic mass is 32.2. The zero-order valence-electron chi connectivity index (χ0n) is 9.59. The van der Waals surface area contributed by atoms with Crippen LogP contribution in [0.3, 0.4) is 0 Å². The number of sulfonamides is 1. The van der Waals surface area contributed by atoms with Gasteiger partial charge in [-0.1, -0.05) is 19.3 Å². The molecule has 2 N–H and O–H groups in total. The van der Waals surface area contributed by atoms with Gasteiger partial charge in [0.1, 0.15) is 5.75 Å². The minimum absolute atomic E-state index is 0.0579. The quantitative estimate of drug-likeness (QED) is 0.868. The molecule has 0 radical (unpaired) electrons. The number of benzene rings is 1. The molecule has 1 aromatic carbocycles. The molecule has 4 nitrogen and oxygen atoms in total. The second kappa shape index (κ2) is 5.06. The fraction of sp³-hybridized carbons (Fsp3) is 0.500. The molecule has 2 rings (SSSR count). The molecule has 0 amide bonds. The van der Waals surface area contributed by atoms with Crippen LogP contribution in [0.15, 0.2) is 29.2 Å². The Morgan fingerprint density at radius 3 is 2.24 bits per heavy atom. The summed E-state index contributed by atoms with van der Waals surface area (Å²) in [7, 11) is -3.44. The summed E-state index contributed by atoms with van der Waals surface area (Å²) in [5.74, 6) is 0.0709. The van der Waals surface area contributed by atoms with Gasteiger partial charge in [-0.25, -0.2) is 13.1 Å². The zero-order chi connectivity index (χ0) is 12.3. The SMILES string of the molecule is O=S(=O)(NC1CCCCC1)c1ccc(O)cc1. The van der Waals surface area contributed by atoms with Gasteiger partial charge in [0, 0.05) is 6.04 Å². The van der Waals surface area contributed by atoms with Crippen molar-refractivity contribution in [3.8, 4) is 5.75 Å². The summed E-state index contributed by atoms with van der Waals surface area (Å²) in [6.45, 7) is 0. The molecule has 0 spiro atoms. The lowest BCUT2D eigenvalue weighted by molar-refractivity contribution is 0.412. The van der Waals surface area contributed by atoms with Gasteiger partial charge in [-0.2, -0.15) is 0 Å². The topological polar surface area (TPSA) is 66.4 Å². The lowest BCUT2D eigenvalue weighted by Crippen LogP contribution is -2.36. The van der Waals surface area contributed by atoms with Gasteiger partial charge in [0.15, 0.2) is 0 Å². The number of rotatable bonds is 3. The first-order chi connectivity index (χ1) is 8.08. The first kappa shape index (κ1) is 12.4. The first-order valence-corrected chi connectivity index (χ1v) is 7.37. The summed E-state index contributed by atoms with van der Waals surface area (Å²) < 4.78 is 26.8. The first-order valence-electron chi connectivity index (χ1n) is 5.89. The number of hydrogen-bond donors (Lipinski definition) is 2. The Bertz CT molecular complexity index is 461. The number of nitrogens with one attached hydrogen (secondary N) is 1. The van der Waals surface area contributed by atoms with E-state index in [0.717, 1.165) is 25.7 Å². The lowest BCUT2D eigenvalue weighted by atomic mass is 9.96. The van der Waals surface area contributed by atoms with E-state index in [4.69, 9.17) is 5.11 Å². The molecule has 1 aliphatic rings. The predicted molar refractivity (Wildman–Crippen MR) is 65.3 cm³/mol. The van der Waals surface area contributed by atoms with Crippen LogP contribution in [-0.2, 0) is 10.0 Å². The van der Waals surface area contributed by atoms with Crippen LogP contribution in [0.1, 0.15) is 32.1 Å². The van der Waals surface area contributed by atoms with E-state index in [2.05, 4.69) is 4.72 Å². The van der Waals surface area contributed by atoms with Crippen LogP contribution in [0.5, 0.6) is 5.75 Å². The summed E-state index contributed by atoms with van der Waals surface area (Å²) in [4.78, 5) is 0.209. The lowest BCUT2D eigenvalue weighted by Gasteiger charge is -2.22. The van der Waals surface area contributed by atoms with Crippen molar-refractivity contribution < 1.29 is 13.5 Å². The summed E-state index contributed by atoms with van der Waals surface area (Å²) in [6, 6.07) is 5.66. The largest absolute Gasteiger partial charge is 0.508 e. The van der Waals surface area contributed by atoms with Gasteiger partial charge >= 0.3 is 0 Å². The molecule has 1 aliphatic carbocycles. The fourth-order valence-corrected chi connectivity index (χ4v) is 3.44. The Morgan fingerprint density at radius 2 is 1.65 bits per heavy atom. The molecule has 0 atom stereocenters. The molecule has 17 heavy (non-hydrogen) atoms. The van der Waals surface area contributed by atoms with Crippen LogP contribution >= 0.6 is 0 Å². The third-order valence-corrected chi connectivity index (χ3v) is 4.61. The summed E-state index contributed by atoms with van der Waals surface area (Å²) >= 11 is 0. The minimum Gasteiger partial charge on any atom is -0.508 e. The highest BCUT2D eigenvalue weighted by Gasteiger charge is 2.21. The highest BCUT2D eigenvalue weighted by molar-refractivity contribution is 7.89. The summed E-state index contributed by atoms with van der Waals surface area (Å²) in [6.07, 6.45) is 5.19. The fourth-order valence-electron chi connectivity index (χ4n) is 2.13. The van der Waals surface area contributed by atoms with Crippen molar-refractivity contribution in [3.63, 3.8) is 0 Å². The van der Waals surface area contributed by atoms with Crippen molar-refractivity contribution in [3.05, 3.63) is 24.3 Å². The molecule has 94 valence electrons. The van der Waals surface area contributed by atoms with Gasteiger partial charge in [-0.3, -0.25) is 0 Å². The van der Waals surface area contributed by atoms with Gasteiger partial charge in [-0.05, 0) is 37.1 Å². The maximum Gasteiger partial charge on any atom is 0.240 e. The molecule has 0 heterocycles. The Hall–Kier alpha value is -1.07. The predicted octanol–water partition coefficient (Wildman–Crippen LogP) is 2.00. The van der Waals surface area contributed by atoms with E-state index in [0.29, 0.717) is 0 Å². The van der Waals surface area contributed by atoms with Gasteiger partial charge in [0.05, 0.1) is 4.90 Å². The monoisotopic (exact) mass is 255 g/mol. The third-order valence-electron chi connectivity index (χ3n) is 3.07. The summed E-state index contributed by atoms with van der Waals surface area (Å²) in [5.41, 5.74) is 0. The van der Waals surface area contributed by atoms with Crippen LogP contribution in [0.2, 0.25) is 0 Å². The molecule has 1 fully saturated rings. The molecule has 1 saturated carbocycles. The van der Waals surface area contributed by atoms with E-state index in [1.54, 1.807) is 0 Å². The average Bonchev–Trinajstić information content (AvgIpc) is 2.30. The van der Waals surface area contributed by atoms with E-state index >= 15 is 0 Å². The molecular formula is C12H17NO3S. The smallest absolute Gasteiger partial charge is 0.240 e. The normalized spacial score (nSPS) is 18.1. The number of aromatic hydroxyl groups is 1. The van der Waals surface area contributed by atoms with Crippen LogP contribution in [-0.4, -0.2) is 19.6 Å². The number of phenolic OH excluding ortho intramolecular Hbond substituents is 1. The van der Waals surface area contributed by atoms with Crippen molar-refractivity contribution in [2.75, 3.05) is 0 Å². The van der Waals surface area contributed by atoms with E-state index in [1.165, 1.54) is 30.7 Å². The van der Waals surface area contributed by atoms with Gasteiger partial charge < -0.3 is 5.11 Å². The molecule has 0 bridgehead atoms. The second-order valence-electron chi connectivity index (χ2n) is 4.45. The maximum atomic E-state index is 12.0. The second-order valence-corrected chi connectivity index (χ2v) is 6.16. The molecule has 1 aromatic rings. The third kappa shape index (κ3) is 3.20. The molecular weight excluding hydrogens is 238 g/mol. The van der Waals surface area contributed by atoms with Crippen LogP contribution in [0.25, 0.3) is 0 Å². The van der Waals surface area contributed by atoms with Crippen molar-refractivity contribution in [1.82, 2.24) is 4.72 Å². The molecule has 0 aliphatic heterocycles. The Balaban J connectivity index is 2.10. The standard InChI is InChI=1S/C12H17NO3S/c14-11-6-8-12(9-7-11)17(15,16)13-10-4-2-1-3-5-10/h6-10,13-14H,1-5H2. The van der Waals surface area contributed by atoms with Crippen molar-refractivity contribution in [2.24, 2.45) is 0 Å². The maximum absolute atomic E-state index is 12.0. The van der Waals surface area contributed by atoms with Gasteiger partial charge in [-0.15, -0.1) is 0 Å². The molecule has 0 unspecified atom stereocenters. The van der Waals surface area contributed by atoms with Crippen molar-refractivity contribution >= 4 is 10.0 Å². The van der Waals surface area contributed by atoms with Crippen LogP contribution < -0.4 is 4.72 Å². The molecule has 0 aromatic heterocycles. The summed E-state index contributed by atoms with van der Waals surface area (Å²) in [5, 5.41) is 9.13. The molecule has 5 heteroatoms. The van der Waals surface area contributed by atoms with Crippen LogP contribution in [0, 0.1) is 0 Å². The highest BCUT2D eigenvalue weighted by Crippen LogP contribution is 2.20. The zero-order valence-corrected chi connectivity index (χ0v) is 10.4.